The van der Waals surface area contributed by atoms with Gasteiger partial charge in [-0.15, -0.1) is 0 Å². The number of aromatic nitrogens is 2. The average Bonchev–Trinajstić information content (AvgIpc) is 3.17. The van der Waals surface area contributed by atoms with E-state index in [9.17, 15) is 13.2 Å². The summed E-state index contributed by atoms with van der Waals surface area (Å²) in [6.45, 7) is 4.48. The first-order chi connectivity index (χ1) is 11.4. The van der Waals surface area contributed by atoms with Crippen LogP contribution in [0.3, 0.4) is 0 Å². The van der Waals surface area contributed by atoms with Crippen molar-refractivity contribution >= 4 is 15.9 Å². The first-order valence-electron chi connectivity index (χ1n) is 7.72. The highest BCUT2D eigenvalue weighted by atomic mass is 32.2. The normalized spacial score (nSPS) is 16.5. The van der Waals surface area contributed by atoms with E-state index in [4.69, 9.17) is 4.52 Å². The lowest BCUT2D eigenvalue weighted by Crippen LogP contribution is -2.51. The maximum Gasteiger partial charge on any atom is 0.248 e. The summed E-state index contributed by atoms with van der Waals surface area (Å²) in [7, 11) is -3.65. The van der Waals surface area contributed by atoms with E-state index in [1.54, 1.807) is 24.9 Å². The van der Waals surface area contributed by atoms with E-state index in [0.29, 0.717) is 25.2 Å². The molecule has 24 heavy (non-hydrogen) atoms. The number of hydrogen-bond donors (Lipinski definition) is 1. The Kier molecular flexibility index (Phi) is 4.46. The van der Waals surface area contributed by atoms with E-state index in [-0.39, 0.29) is 29.7 Å². The van der Waals surface area contributed by atoms with E-state index < -0.39 is 10.0 Å². The summed E-state index contributed by atoms with van der Waals surface area (Å²) in [6, 6.07) is 3.70. The molecule has 0 aliphatic carbocycles. The largest absolute Gasteiger partial charge is 0.365 e. The number of aryl methyl sites for hydroxylation is 2. The number of hydrogen-bond acceptors (Lipinski definition) is 5. The number of piperazine rings is 1. The number of nitrogens with zero attached hydrogens (tertiary/aromatic N) is 3. The van der Waals surface area contributed by atoms with Gasteiger partial charge in [-0.25, -0.2) is 8.42 Å². The average molecular weight is 352 g/mol. The molecule has 0 unspecified atom stereocenters. The molecule has 8 nitrogen and oxygen atoms in total. The van der Waals surface area contributed by atoms with E-state index >= 15 is 0 Å². The third-order valence-corrected chi connectivity index (χ3v) is 6.30. The summed E-state index contributed by atoms with van der Waals surface area (Å²) < 4.78 is 31.8. The Balaban J connectivity index is 1.65. The Labute approximate surface area is 140 Å². The smallest absolute Gasteiger partial charge is 0.248 e. The van der Waals surface area contributed by atoms with Gasteiger partial charge in [0.15, 0.2) is 5.76 Å². The fourth-order valence-corrected chi connectivity index (χ4v) is 4.62. The van der Waals surface area contributed by atoms with E-state index in [1.807, 2.05) is 12.1 Å². The van der Waals surface area contributed by atoms with Crippen molar-refractivity contribution in [2.45, 2.75) is 25.2 Å². The molecule has 0 spiro atoms. The lowest BCUT2D eigenvalue weighted by molar-refractivity contribution is -0.131. The molecule has 2 aromatic rings. The number of carbonyl (C=O) groups excluding carboxylic acids is 1. The molecule has 0 bridgehead atoms. The molecule has 1 fully saturated rings. The van der Waals surface area contributed by atoms with Crippen molar-refractivity contribution in [3.8, 4) is 0 Å². The fraction of sp³-hybridized carbons (Fsp3) is 0.467. The summed E-state index contributed by atoms with van der Waals surface area (Å²) in [6.07, 6.45) is 2.07. The minimum Gasteiger partial charge on any atom is -0.365 e. The molecule has 1 aliphatic rings. The Bertz CT molecular complexity index is 798. The van der Waals surface area contributed by atoms with Crippen LogP contribution in [-0.4, -0.2) is 59.8 Å². The summed E-state index contributed by atoms with van der Waals surface area (Å²) in [4.78, 5) is 17.1. The number of nitrogens with one attached hydrogen (secondary N) is 1. The summed E-state index contributed by atoms with van der Waals surface area (Å²) in [5, 5.41) is 3.71. The van der Waals surface area contributed by atoms with Crippen molar-refractivity contribution in [1.82, 2.24) is 19.3 Å². The Morgan fingerprint density at radius 2 is 2.00 bits per heavy atom. The topological polar surface area (TPSA) is 99.5 Å². The summed E-state index contributed by atoms with van der Waals surface area (Å²) >= 11 is 0. The van der Waals surface area contributed by atoms with Crippen molar-refractivity contribution in [2.75, 3.05) is 26.2 Å². The minimum atomic E-state index is -3.65. The molecular formula is C15H20N4O4S. The number of sulfonamides is 1. The molecule has 3 heterocycles. The number of rotatable bonds is 4. The van der Waals surface area contributed by atoms with Crippen LogP contribution in [0.4, 0.5) is 0 Å². The zero-order valence-corrected chi connectivity index (χ0v) is 14.5. The molecule has 130 valence electrons. The number of H-pyrrole nitrogens is 1. The summed E-state index contributed by atoms with van der Waals surface area (Å²) in [5.74, 6) is 0.282. The van der Waals surface area contributed by atoms with Crippen LogP contribution in [0, 0.1) is 13.8 Å². The van der Waals surface area contributed by atoms with Crippen LogP contribution in [-0.2, 0) is 21.2 Å². The van der Waals surface area contributed by atoms with Crippen molar-refractivity contribution < 1.29 is 17.7 Å². The molecule has 1 N–H and O–H groups in total. The summed E-state index contributed by atoms with van der Waals surface area (Å²) in [5.41, 5.74) is 1.21. The van der Waals surface area contributed by atoms with Gasteiger partial charge in [-0.1, -0.05) is 5.16 Å². The van der Waals surface area contributed by atoms with Gasteiger partial charge >= 0.3 is 0 Å². The highest BCUT2D eigenvalue weighted by molar-refractivity contribution is 7.89. The van der Waals surface area contributed by atoms with Gasteiger partial charge in [0.25, 0.3) is 0 Å². The van der Waals surface area contributed by atoms with Crippen molar-refractivity contribution in [3.05, 3.63) is 35.5 Å². The molecule has 1 aliphatic heterocycles. The molecule has 9 heteroatoms. The second kappa shape index (κ2) is 6.40. The molecule has 1 amide bonds. The van der Waals surface area contributed by atoms with Crippen LogP contribution in [0.5, 0.6) is 0 Å². The fourth-order valence-electron chi connectivity index (χ4n) is 2.90. The van der Waals surface area contributed by atoms with Gasteiger partial charge in [-0.3, -0.25) is 4.79 Å². The van der Waals surface area contributed by atoms with E-state index in [2.05, 4.69) is 10.1 Å². The molecule has 0 aromatic carbocycles. The van der Waals surface area contributed by atoms with Gasteiger partial charge in [0.2, 0.25) is 15.9 Å². The molecule has 2 aromatic heterocycles. The van der Waals surface area contributed by atoms with Crippen molar-refractivity contribution in [1.29, 1.82) is 0 Å². The predicted molar refractivity (Wildman–Crippen MR) is 85.8 cm³/mol. The molecule has 0 atom stereocenters. The van der Waals surface area contributed by atoms with E-state index in [0.717, 1.165) is 5.69 Å². The maximum absolute atomic E-state index is 12.7. The first-order valence-corrected chi connectivity index (χ1v) is 9.16. The molecule has 1 saturated heterocycles. The third-order valence-electron chi connectivity index (χ3n) is 4.16. The molecular weight excluding hydrogens is 332 g/mol. The number of aromatic amines is 1. The zero-order valence-electron chi connectivity index (χ0n) is 13.7. The minimum absolute atomic E-state index is 0.00756. The van der Waals surface area contributed by atoms with Crippen LogP contribution in [0.25, 0.3) is 0 Å². The lowest BCUT2D eigenvalue weighted by atomic mass is 10.2. The van der Waals surface area contributed by atoms with Crippen LogP contribution in [0.15, 0.2) is 27.7 Å². The SMILES string of the molecule is Cc1noc(C)c1S(=O)(=O)N1CCN(C(=O)Cc2ccc[nH]2)CC1. The van der Waals surface area contributed by atoms with Gasteiger partial charge in [0, 0.05) is 38.1 Å². The zero-order chi connectivity index (χ0) is 17.3. The first kappa shape index (κ1) is 16.7. The maximum atomic E-state index is 12.7. The second-order valence-corrected chi connectivity index (χ2v) is 7.69. The number of carbonyl (C=O) groups is 1. The highest BCUT2D eigenvalue weighted by Crippen LogP contribution is 2.24. The predicted octanol–water partition coefficient (Wildman–Crippen LogP) is 0.695. The van der Waals surface area contributed by atoms with Crippen LogP contribution in [0.2, 0.25) is 0 Å². The Morgan fingerprint density at radius 1 is 1.29 bits per heavy atom. The van der Waals surface area contributed by atoms with Crippen LogP contribution in [0.1, 0.15) is 17.1 Å². The van der Waals surface area contributed by atoms with Gasteiger partial charge in [-0.2, -0.15) is 4.31 Å². The standard InChI is InChI=1S/C15H20N4O4S/c1-11-15(12(2)23-17-11)24(21,22)19-8-6-18(7-9-19)14(20)10-13-4-3-5-16-13/h3-5,16H,6-10H2,1-2H3. The number of amides is 1. The molecule has 3 rings (SSSR count). The Hall–Kier alpha value is -2.13. The van der Waals surface area contributed by atoms with Gasteiger partial charge in [-0.05, 0) is 26.0 Å². The van der Waals surface area contributed by atoms with Crippen molar-refractivity contribution in [3.63, 3.8) is 0 Å². The Morgan fingerprint density at radius 3 is 2.54 bits per heavy atom. The third kappa shape index (κ3) is 3.09. The second-order valence-electron chi connectivity index (χ2n) is 5.81. The monoisotopic (exact) mass is 352 g/mol. The molecule has 0 radical (unpaired) electrons. The van der Waals surface area contributed by atoms with Gasteiger partial charge in [0.1, 0.15) is 10.6 Å². The van der Waals surface area contributed by atoms with Gasteiger partial charge in [0.05, 0.1) is 6.42 Å². The highest BCUT2D eigenvalue weighted by Gasteiger charge is 2.34. The van der Waals surface area contributed by atoms with Crippen LogP contribution >= 0.6 is 0 Å². The van der Waals surface area contributed by atoms with Gasteiger partial charge < -0.3 is 14.4 Å². The molecule has 0 saturated carbocycles. The quantitative estimate of drug-likeness (QED) is 0.873. The van der Waals surface area contributed by atoms with E-state index in [1.165, 1.54) is 4.31 Å². The lowest BCUT2D eigenvalue weighted by Gasteiger charge is -2.33. The van der Waals surface area contributed by atoms with Crippen molar-refractivity contribution in [2.24, 2.45) is 0 Å². The van der Waals surface area contributed by atoms with Crippen LogP contribution < -0.4 is 0 Å².